The molecule has 0 saturated carbocycles. The Morgan fingerprint density at radius 1 is 0.914 bits per heavy atom. The minimum absolute atomic E-state index is 0.109. The van der Waals surface area contributed by atoms with E-state index in [0.717, 1.165) is 5.56 Å². The number of hydrogen-bond acceptors (Lipinski definition) is 6. The highest BCUT2D eigenvalue weighted by atomic mass is 35.5. The summed E-state index contributed by atoms with van der Waals surface area (Å²) in [6.45, 7) is 1.84. The second-order valence-corrected chi connectivity index (χ2v) is 8.32. The summed E-state index contributed by atoms with van der Waals surface area (Å²) in [6, 6.07) is 16.1. The maximum absolute atomic E-state index is 13.4. The van der Waals surface area contributed by atoms with E-state index in [-0.39, 0.29) is 22.6 Å². The molecular formula is C27H24ClNO6. The summed E-state index contributed by atoms with van der Waals surface area (Å²) in [5.41, 5.74) is 1.87. The predicted octanol–water partition coefficient (Wildman–Crippen LogP) is 5.30. The summed E-state index contributed by atoms with van der Waals surface area (Å²) in [7, 11) is 4.41. The maximum Gasteiger partial charge on any atom is 0.300 e. The number of aliphatic hydroxyl groups is 1. The van der Waals surface area contributed by atoms with Gasteiger partial charge in [-0.1, -0.05) is 35.9 Å². The molecule has 1 aliphatic heterocycles. The van der Waals surface area contributed by atoms with Gasteiger partial charge >= 0.3 is 0 Å². The summed E-state index contributed by atoms with van der Waals surface area (Å²) >= 11 is 6.35. The van der Waals surface area contributed by atoms with E-state index in [1.807, 2.05) is 6.92 Å². The van der Waals surface area contributed by atoms with Crippen molar-refractivity contribution < 1.29 is 28.9 Å². The quantitative estimate of drug-likeness (QED) is 0.285. The van der Waals surface area contributed by atoms with Gasteiger partial charge in [-0.2, -0.15) is 0 Å². The number of rotatable bonds is 6. The molecular weight excluding hydrogens is 470 g/mol. The van der Waals surface area contributed by atoms with Crippen molar-refractivity contribution in [2.45, 2.75) is 13.0 Å². The van der Waals surface area contributed by atoms with Gasteiger partial charge in [-0.3, -0.25) is 14.5 Å². The fourth-order valence-corrected chi connectivity index (χ4v) is 4.35. The molecule has 1 unspecified atom stereocenters. The van der Waals surface area contributed by atoms with E-state index >= 15 is 0 Å². The molecule has 1 N–H and O–H groups in total. The Hall–Kier alpha value is -3.97. The minimum atomic E-state index is -0.960. The maximum atomic E-state index is 13.4. The third-order valence-electron chi connectivity index (χ3n) is 5.95. The van der Waals surface area contributed by atoms with E-state index in [0.29, 0.717) is 22.0 Å². The molecule has 1 saturated heterocycles. The topological polar surface area (TPSA) is 85.3 Å². The number of aliphatic hydroxyl groups excluding tert-OH is 1. The number of nitrogens with zero attached hydrogens (tertiary/aromatic N) is 1. The Balaban J connectivity index is 2.03. The molecule has 4 rings (SSSR count). The number of ketones is 1. The number of carbonyl (C=O) groups excluding carboxylic acids is 2. The first-order valence-corrected chi connectivity index (χ1v) is 11.1. The molecule has 35 heavy (non-hydrogen) atoms. The number of amides is 1. The van der Waals surface area contributed by atoms with Crippen molar-refractivity contribution in [3.05, 3.63) is 87.9 Å². The van der Waals surface area contributed by atoms with Crippen LogP contribution in [0, 0.1) is 6.92 Å². The number of aryl methyl sites for hydroxylation is 1. The third kappa shape index (κ3) is 4.19. The summed E-state index contributed by atoms with van der Waals surface area (Å²) in [5, 5.41) is 12.0. The Kier molecular flexibility index (Phi) is 6.71. The van der Waals surface area contributed by atoms with Crippen molar-refractivity contribution in [1.29, 1.82) is 0 Å². The number of methoxy groups -OCH3 is 3. The van der Waals surface area contributed by atoms with E-state index in [1.54, 1.807) is 60.7 Å². The zero-order valence-electron chi connectivity index (χ0n) is 19.7. The van der Waals surface area contributed by atoms with Gasteiger partial charge < -0.3 is 19.3 Å². The third-order valence-corrected chi connectivity index (χ3v) is 6.36. The van der Waals surface area contributed by atoms with Crippen LogP contribution in [-0.2, 0) is 9.59 Å². The van der Waals surface area contributed by atoms with E-state index in [9.17, 15) is 14.7 Å². The van der Waals surface area contributed by atoms with Gasteiger partial charge in [0.15, 0.2) is 0 Å². The van der Waals surface area contributed by atoms with Gasteiger partial charge in [-0.25, -0.2) is 0 Å². The van der Waals surface area contributed by atoms with Crippen LogP contribution in [0.3, 0.4) is 0 Å². The lowest BCUT2D eigenvalue weighted by Gasteiger charge is -2.26. The fourth-order valence-electron chi connectivity index (χ4n) is 4.18. The Morgan fingerprint density at radius 3 is 2.17 bits per heavy atom. The first-order chi connectivity index (χ1) is 16.8. The molecule has 8 heteroatoms. The molecule has 3 aromatic carbocycles. The van der Waals surface area contributed by atoms with E-state index < -0.39 is 23.5 Å². The highest BCUT2D eigenvalue weighted by molar-refractivity contribution is 6.52. The zero-order chi connectivity index (χ0) is 25.3. The Labute approximate surface area is 208 Å². The standard InChI is InChI=1S/C27H24ClNO6/c1-15-11-12-17(14-19(15)28)29-24(16-7-5-8-18(13-16)33-2)23(26(31)27(29)32)25(30)22-20(34-3)9-6-10-21(22)35-4/h5-14,24,30H,1-4H3/b25-23+. The number of halogens is 1. The van der Waals surface area contributed by atoms with Crippen LogP contribution in [0.25, 0.3) is 5.76 Å². The van der Waals surface area contributed by atoms with Crippen LogP contribution >= 0.6 is 11.6 Å². The number of hydrogen-bond donors (Lipinski definition) is 1. The van der Waals surface area contributed by atoms with Gasteiger partial charge in [0, 0.05) is 10.7 Å². The average Bonchev–Trinajstić information content (AvgIpc) is 3.15. The number of ether oxygens (including phenoxy) is 3. The molecule has 0 radical (unpaired) electrons. The van der Waals surface area contributed by atoms with Crippen LogP contribution in [0.2, 0.25) is 5.02 Å². The number of carbonyl (C=O) groups is 2. The molecule has 1 amide bonds. The van der Waals surface area contributed by atoms with Gasteiger partial charge in [0.25, 0.3) is 11.7 Å². The predicted molar refractivity (Wildman–Crippen MR) is 134 cm³/mol. The summed E-state index contributed by atoms with van der Waals surface area (Å²) in [4.78, 5) is 28.2. The van der Waals surface area contributed by atoms with Crippen LogP contribution < -0.4 is 19.1 Å². The molecule has 0 aliphatic carbocycles. The first kappa shape index (κ1) is 24.2. The van der Waals surface area contributed by atoms with Crippen molar-refractivity contribution >= 4 is 34.7 Å². The largest absolute Gasteiger partial charge is 0.506 e. The lowest BCUT2D eigenvalue weighted by atomic mass is 9.94. The van der Waals surface area contributed by atoms with Crippen molar-refractivity contribution in [3.63, 3.8) is 0 Å². The van der Waals surface area contributed by atoms with Gasteiger partial charge in [-0.05, 0) is 54.4 Å². The normalized spacial score (nSPS) is 16.9. The number of benzene rings is 3. The highest BCUT2D eigenvalue weighted by Gasteiger charge is 2.47. The minimum Gasteiger partial charge on any atom is -0.506 e. The molecule has 0 spiro atoms. The molecule has 7 nitrogen and oxygen atoms in total. The number of Topliss-reactive ketones (excluding diaryl/α,β-unsaturated/α-hetero) is 1. The molecule has 3 aromatic rings. The van der Waals surface area contributed by atoms with Gasteiger partial charge in [0.05, 0.1) is 32.9 Å². The van der Waals surface area contributed by atoms with Crippen LogP contribution in [0.5, 0.6) is 17.2 Å². The second kappa shape index (κ2) is 9.72. The fraction of sp³-hybridized carbons (Fsp3) is 0.185. The number of anilines is 1. The highest BCUT2D eigenvalue weighted by Crippen LogP contribution is 2.46. The van der Waals surface area contributed by atoms with Crippen LogP contribution in [0.1, 0.15) is 22.7 Å². The van der Waals surface area contributed by atoms with Crippen molar-refractivity contribution in [3.8, 4) is 17.2 Å². The van der Waals surface area contributed by atoms with Gasteiger partial charge in [-0.15, -0.1) is 0 Å². The van der Waals surface area contributed by atoms with Crippen LogP contribution in [0.4, 0.5) is 5.69 Å². The van der Waals surface area contributed by atoms with E-state index in [1.165, 1.54) is 26.2 Å². The summed E-state index contributed by atoms with van der Waals surface area (Å²) < 4.78 is 16.2. The molecule has 1 heterocycles. The summed E-state index contributed by atoms with van der Waals surface area (Å²) in [6.07, 6.45) is 0. The van der Waals surface area contributed by atoms with Crippen molar-refractivity contribution in [1.82, 2.24) is 0 Å². The molecule has 1 atom stereocenters. The molecule has 1 fully saturated rings. The zero-order valence-corrected chi connectivity index (χ0v) is 20.4. The second-order valence-electron chi connectivity index (χ2n) is 7.92. The Morgan fingerprint density at radius 2 is 1.57 bits per heavy atom. The average molecular weight is 494 g/mol. The smallest absolute Gasteiger partial charge is 0.300 e. The van der Waals surface area contributed by atoms with E-state index in [2.05, 4.69) is 0 Å². The SMILES string of the molecule is COc1cccc(C2/C(=C(\O)c3c(OC)cccc3OC)C(=O)C(=O)N2c2ccc(C)c(Cl)c2)c1. The van der Waals surface area contributed by atoms with Gasteiger partial charge in [0.1, 0.15) is 28.6 Å². The molecule has 1 aliphatic rings. The van der Waals surface area contributed by atoms with Crippen molar-refractivity contribution in [2.75, 3.05) is 26.2 Å². The van der Waals surface area contributed by atoms with Crippen molar-refractivity contribution in [2.24, 2.45) is 0 Å². The van der Waals surface area contributed by atoms with Crippen LogP contribution in [0.15, 0.2) is 66.2 Å². The molecule has 0 aromatic heterocycles. The first-order valence-electron chi connectivity index (χ1n) is 10.7. The lowest BCUT2D eigenvalue weighted by Crippen LogP contribution is -2.29. The lowest BCUT2D eigenvalue weighted by molar-refractivity contribution is -0.132. The Bertz CT molecular complexity index is 1330. The van der Waals surface area contributed by atoms with Gasteiger partial charge in [0.2, 0.25) is 0 Å². The van der Waals surface area contributed by atoms with Crippen LogP contribution in [-0.4, -0.2) is 38.1 Å². The molecule has 0 bridgehead atoms. The van der Waals surface area contributed by atoms with E-state index in [4.69, 9.17) is 25.8 Å². The summed E-state index contributed by atoms with van der Waals surface area (Å²) in [5.74, 6) is -0.948. The monoisotopic (exact) mass is 493 g/mol. The molecule has 180 valence electrons.